The first-order valence-corrected chi connectivity index (χ1v) is 5.51. The standard InChI is InChI=1S/C14H13N3/c15-11-5-7-12(8-6-11)17-10-2-3-13-14(17)4-1-9-16-13/h1-10,16H,15H2. The molecular weight excluding hydrogens is 210 g/mol. The number of anilines is 2. The number of hydrogen-bond donors (Lipinski definition) is 2. The van der Waals surface area contributed by atoms with Gasteiger partial charge in [0.15, 0.2) is 0 Å². The van der Waals surface area contributed by atoms with Gasteiger partial charge in [0.2, 0.25) is 0 Å². The van der Waals surface area contributed by atoms with Crippen molar-refractivity contribution in [3.8, 4) is 0 Å². The third kappa shape index (κ3) is 1.72. The van der Waals surface area contributed by atoms with Crippen LogP contribution >= 0.6 is 0 Å². The maximum atomic E-state index is 5.70. The Labute approximate surface area is 100 Å². The lowest BCUT2D eigenvalue weighted by molar-refractivity contribution is 0.989. The molecule has 0 amide bonds. The highest BCUT2D eigenvalue weighted by atomic mass is 15.2. The minimum atomic E-state index is 0.779. The zero-order valence-corrected chi connectivity index (χ0v) is 9.30. The van der Waals surface area contributed by atoms with E-state index < -0.39 is 0 Å². The monoisotopic (exact) mass is 223 g/mol. The zero-order chi connectivity index (χ0) is 11.7. The van der Waals surface area contributed by atoms with Crippen LogP contribution in [-0.2, 0) is 0 Å². The number of hydrogen-bond acceptors (Lipinski definition) is 3. The molecule has 3 nitrogen and oxygen atoms in total. The van der Waals surface area contributed by atoms with Crippen LogP contribution in [0.25, 0.3) is 0 Å². The average Bonchev–Trinajstić information content (AvgIpc) is 2.39. The van der Waals surface area contributed by atoms with Crippen LogP contribution in [0.15, 0.2) is 72.4 Å². The second kappa shape index (κ2) is 3.87. The summed E-state index contributed by atoms with van der Waals surface area (Å²) in [6.45, 7) is 0. The molecule has 2 heterocycles. The van der Waals surface area contributed by atoms with Crippen molar-refractivity contribution in [2.45, 2.75) is 0 Å². The largest absolute Gasteiger partial charge is 0.399 e. The number of benzene rings is 1. The van der Waals surface area contributed by atoms with E-state index in [1.807, 2.05) is 48.8 Å². The first-order chi connectivity index (χ1) is 8.34. The average molecular weight is 223 g/mol. The lowest BCUT2D eigenvalue weighted by atomic mass is 10.1. The lowest BCUT2D eigenvalue weighted by Crippen LogP contribution is -2.25. The van der Waals surface area contributed by atoms with Crippen LogP contribution in [0.5, 0.6) is 0 Å². The summed E-state index contributed by atoms with van der Waals surface area (Å²) in [4.78, 5) is 2.13. The first-order valence-electron chi connectivity index (χ1n) is 5.51. The second-order valence-corrected chi connectivity index (χ2v) is 3.94. The van der Waals surface area contributed by atoms with Crippen LogP contribution in [-0.4, -0.2) is 0 Å². The summed E-state index contributed by atoms with van der Waals surface area (Å²) in [5.41, 5.74) is 9.82. The molecule has 84 valence electrons. The highest BCUT2D eigenvalue weighted by Crippen LogP contribution is 2.28. The zero-order valence-electron chi connectivity index (χ0n) is 9.30. The third-order valence-electron chi connectivity index (χ3n) is 2.79. The minimum Gasteiger partial charge on any atom is -0.399 e. The second-order valence-electron chi connectivity index (χ2n) is 3.94. The molecule has 3 rings (SSSR count). The Hall–Kier alpha value is -2.42. The highest BCUT2D eigenvalue weighted by molar-refractivity contribution is 5.65. The molecule has 0 atom stereocenters. The molecule has 2 aliphatic heterocycles. The fourth-order valence-electron chi connectivity index (χ4n) is 1.95. The summed E-state index contributed by atoms with van der Waals surface area (Å²) in [5.74, 6) is 0. The SMILES string of the molecule is Nc1ccc(N2C=CC=C3NC=CC=C32)cc1. The first kappa shape index (κ1) is 9.78. The number of allylic oxidation sites excluding steroid dienone is 4. The van der Waals surface area contributed by atoms with Gasteiger partial charge in [0.05, 0.1) is 11.4 Å². The molecule has 0 radical (unpaired) electrons. The molecular formula is C14H13N3. The molecule has 3 heteroatoms. The van der Waals surface area contributed by atoms with Crippen molar-refractivity contribution >= 4 is 11.4 Å². The topological polar surface area (TPSA) is 41.3 Å². The molecule has 17 heavy (non-hydrogen) atoms. The summed E-state index contributed by atoms with van der Waals surface area (Å²) < 4.78 is 0. The van der Waals surface area contributed by atoms with Gasteiger partial charge in [-0.2, -0.15) is 0 Å². The van der Waals surface area contributed by atoms with E-state index in [4.69, 9.17) is 5.73 Å². The molecule has 1 aromatic carbocycles. The molecule has 2 aliphatic rings. The Morgan fingerprint density at radius 3 is 2.65 bits per heavy atom. The van der Waals surface area contributed by atoms with Gasteiger partial charge in [0.25, 0.3) is 0 Å². The highest BCUT2D eigenvalue weighted by Gasteiger charge is 2.16. The summed E-state index contributed by atoms with van der Waals surface area (Å²) in [7, 11) is 0. The van der Waals surface area contributed by atoms with Crippen LogP contribution in [0.4, 0.5) is 11.4 Å². The third-order valence-corrected chi connectivity index (χ3v) is 2.79. The van der Waals surface area contributed by atoms with Gasteiger partial charge in [0.1, 0.15) is 0 Å². The van der Waals surface area contributed by atoms with Gasteiger partial charge >= 0.3 is 0 Å². The van der Waals surface area contributed by atoms with Crippen LogP contribution in [0.3, 0.4) is 0 Å². The molecule has 0 aliphatic carbocycles. The number of dihydropyridines is 1. The van der Waals surface area contributed by atoms with Crippen molar-refractivity contribution in [1.29, 1.82) is 0 Å². The smallest absolute Gasteiger partial charge is 0.0691 e. The van der Waals surface area contributed by atoms with Gasteiger partial charge in [-0.15, -0.1) is 0 Å². The van der Waals surface area contributed by atoms with Crippen LogP contribution < -0.4 is 16.0 Å². The van der Waals surface area contributed by atoms with Crippen molar-refractivity contribution in [2.24, 2.45) is 0 Å². The summed E-state index contributed by atoms with van der Waals surface area (Å²) in [6.07, 6.45) is 12.1. The van der Waals surface area contributed by atoms with Gasteiger partial charge < -0.3 is 16.0 Å². The minimum absolute atomic E-state index is 0.779. The van der Waals surface area contributed by atoms with E-state index in [-0.39, 0.29) is 0 Å². The van der Waals surface area contributed by atoms with Crippen molar-refractivity contribution in [3.63, 3.8) is 0 Å². The molecule has 0 bridgehead atoms. The molecule has 3 N–H and O–H groups in total. The maximum Gasteiger partial charge on any atom is 0.0691 e. The number of nitrogen functional groups attached to an aromatic ring is 1. The van der Waals surface area contributed by atoms with Gasteiger partial charge in [0, 0.05) is 23.8 Å². The van der Waals surface area contributed by atoms with Crippen LogP contribution in [0.1, 0.15) is 0 Å². The lowest BCUT2D eigenvalue weighted by Gasteiger charge is -2.29. The van der Waals surface area contributed by atoms with Crippen molar-refractivity contribution in [2.75, 3.05) is 10.6 Å². The van der Waals surface area contributed by atoms with E-state index >= 15 is 0 Å². The van der Waals surface area contributed by atoms with Crippen LogP contribution in [0, 0.1) is 0 Å². The van der Waals surface area contributed by atoms with E-state index in [2.05, 4.69) is 22.4 Å². The molecule has 0 saturated heterocycles. The molecule has 1 aromatic rings. The summed E-state index contributed by atoms with van der Waals surface area (Å²) >= 11 is 0. The van der Waals surface area contributed by atoms with E-state index in [9.17, 15) is 0 Å². The predicted octanol–water partition coefficient (Wildman–Crippen LogP) is 2.49. The number of nitrogens with one attached hydrogen (secondary N) is 1. The van der Waals surface area contributed by atoms with Gasteiger partial charge in [-0.25, -0.2) is 0 Å². The quantitative estimate of drug-likeness (QED) is 0.719. The number of nitrogens with two attached hydrogens (primary N) is 1. The molecule has 0 aromatic heterocycles. The van der Waals surface area contributed by atoms with E-state index in [0.717, 1.165) is 22.8 Å². The number of rotatable bonds is 1. The van der Waals surface area contributed by atoms with E-state index in [1.54, 1.807) is 0 Å². The van der Waals surface area contributed by atoms with Crippen LogP contribution in [0.2, 0.25) is 0 Å². The van der Waals surface area contributed by atoms with Gasteiger partial charge in [-0.1, -0.05) is 0 Å². The Morgan fingerprint density at radius 2 is 1.82 bits per heavy atom. The number of nitrogens with zero attached hydrogens (tertiary/aromatic N) is 1. The van der Waals surface area contributed by atoms with E-state index in [1.165, 1.54) is 0 Å². The fourth-order valence-corrected chi connectivity index (χ4v) is 1.95. The van der Waals surface area contributed by atoms with Crippen molar-refractivity contribution in [3.05, 3.63) is 72.4 Å². The molecule has 0 unspecified atom stereocenters. The summed E-state index contributed by atoms with van der Waals surface area (Å²) in [5, 5.41) is 3.23. The normalized spacial score (nSPS) is 17.1. The summed E-state index contributed by atoms with van der Waals surface area (Å²) in [6, 6.07) is 7.85. The Balaban J connectivity index is 2.01. The van der Waals surface area contributed by atoms with Crippen molar-refractivity contribution < 1.29 is 0 Å². The Morgan fingerprint density at radius 1 is 1.00 bits per heavy atom. The number of fused-ring (bicyclic) bond motifs is 1. The van der Waals surface area contributed by atoms with Gasteiger partial charge in [-0.05, 0) is 48.6 Å². The fraction of sp³-hybridized carbons (Fsp3) is 0. The van der Waals surface area contributed by atoms with E-state index in [0.29, 0.717) is 0 Å². The molecule has 0 fully saturated rings. The Bertz CT molecular complexity index is 547. The Kier molecular flexibility index (Phi) is 2.22. The maximum absolute atomic E-state index is 5.70. The molecule has 0 saturated carbocycles. The van der Waals surface area contributed by atoms with Crippen molar-refractivity contribution in [1.82, 2.24) is 5.32 Å². The van der Waals surface area contributed by atoms with Gasteiger partial charge in [-0.3, -0.25) is 0 Å². The molecule has 0 spiro atoms. The predicted molar refractivity (Wildman–Crippen MR) is 70.9 cm³/mol.